The minimum absolute atomic E-state index is 0.249. The zero-order chi connectivity index (χ0) is 15.3. The summed E-state index contributed by atoms with van der Waals surface area (Å²) < 4.78 is 13.6. The molecule has 1 fully saturated rings. The Morgan fingerprint density at radius 3 is 2.95 bits per heavy atom. The van der Waals surface area contributed by atoms with Gasteiger partial charge in [-0.05, 0) is 30.7 Å². The van der Waals surface area contributed by atoms with Gasteiger partial charge in [0.25, 0.3) is 5.91 Å². The molecule has 1 aromatic rings. The van der Waals surface area contributed by atoms with Crippen LogP contribution in [0.3, 0.4) is 0 Å². The van der Waals surface area contributed by atoms with Gasteiger partial charge in [-0.3, -0.25) is 4.79 Å². The molecule has 0 radical (unpaired) electrons. The second kappa shape index (κ2) is 7.13. The summed E-state index contributed by atoms with van der Waals surface area (Å²) in [6, 6.07) is 6.62. The summed E-state index contributed by atoms with van der Waals surface area (Å²) in [4.78, 5) is 13.7. The lowest BCUT2D eigenvalue weighted by Crippen LogP contribution is -2.47. The van der Waals surface area contributed by atoms with Crippen LogP contribution in [0.2, 0.25) is 0 Å². The number of hydrogen-bond donors (Lipinski definition) is 2. The van der Waals surface area contributed by atoms with Crippen LogP contribution in [-0.4, -0.2) is 48.3 Å². The van der Waals surface area contributed by atoms with Gasteiger partial charge >= 0.3 is 0 Å². The van der Waals surface area contributed by atoms with E-state index < -0.39 is 5.60 Å². The minimum atomic E-state index is -1.21. The molecule has 2 N–H and O–H groups in total. The van der Waals surface area contributed by atoms with Crippen molar-refractivity contribution in [3.05, 3.63) is 30.1 Å². The van der Waals surface area contributed by atoms with Crippen LogP contribution in [0.15, 0.2) is 24.3 Å². The highest BCUT2D eigenvalue weighted by Gasteiger charge is 2.39. The molecule has 0 aliphatic carbocycles. The number of carbonyl (C=O) groups is 1. The maximum absolute atomic E-state index is 13.6. The Morgan fingerprint density at radius 2 is 2.29 bits per heavy atom. The molecule has 116 valence electrons. The third-order valence-electron chi connectivity index (χ3n) is 3.64. The number of benzene rings is 1. The first-order valence-corrected chi connectivity index (χ1v) is 8.22. The Kier molecular flexibility index (Phi) is 5.47. The van der Waals surface area contributed by atoms with Gasteiger partial charge in [-0.25, -0.2) is 4.39 Å². The number of aliphatic hydroxyl groups is 1. The van der Waals surface area contributed by atoms with Crippen molar-refractivity contribution in [3.63, 3.8) is 0 Å². The lowest BCUT2D eigenvalue weighted by Gasteiger charge is -2.22. The molecular formula is C15H21FN2O2S. The average molecular weight is 312 g/mol. The number of thioether (sulfide) groups is 1. The van der Waals surface area contributed by atoms with Crippen LogP contribution in [0, 0.1) is 5.82 Å². The van der Waals surface area contributed by atoms with Gasteiger partial charge in [0, 0.05) is 25.9 Å². The minimum Gasteiger partial charge on any atom is -0.379 e. The fourth-order valence-electron chi connectivity index (χ4n) is 2.30. The lowest BCUT2D eigenvalue weighted by molar-refractivity contribution is -0.137. The largest absolute Gasteiger partial charge is 0.379 e. The van der Waals surface area contributed by atoms with Crippen LogP contribution < -0.4 is 10.2 Å². The number of nitrogens with one attached hydrogen (secondary N) is 1. The molecule has 0 aromatic heterocycles. The van der Waals surface area contributed by atoms with Crippen molar-refractivity contribution in [1.29, 1.82) is 0 Å². The lowest BCUT2D eigenvalue weighted by atomic mass is 10.0. The number of hydrogen-bond acceptors (Lipinski definition) is 4. The van der Waals surface area contributed by atoms with Crippen LogP contribution in [0.25, 0.3) is 0 Å². The number of amides is 1. The Hall–Kier alpha value is -1.27. The van der Waals surface area contributed by atoms with E-state index in [9.17, 15) is 14.3 Å². The Bertz CT molecular complexity index is 492. The van der Waals surface area contributed by atoms with Crippen LogP contribution in [-0.2, 0) is 4.79 Å². The normalized spacial score (nSPS) is 21.3. The van der Waals surface area contributed by atoms with Crippen molar-refractivity contribution < 1.29 is 14.3 Å². The van der Waals surface area contributed by atoms with Gasteiger partial charge in [0.05, 0.1) is 5.69 Å². The van der Waals surface area contributed by atoms with Crippen LogP contribution in [0.5, 0.6) is 0 Å². The fourth-order valence-corrected chi connectivity index (χ4v) is 3.54. The summed E-state index contributed by atoms with van der Waals surface area (Å²) in [6.07, 6.45) is 1.21. The molecule has 1 amide bonds. The van der Waals surface area contributed by atoms with Crippen molar-refractivity contribution >= 4 is 23.4 Å². The van der Waals surface area contributed by atoms with Gasteiger partial charge in [0.15, 0.2) is 5.60 Å². The Balaban J connectivity index is 1.72. The zero-order valence-electron chi connectivity index (χ0n) is 12.1. The molecule has 1 aliphatic rings. The molecule has 1 aliphatic heterocycles. The molecule has 4 nitrogen and oxygen atoms in total. The summed E-state index contributed by atoms with van der Waals surface area (Å²) in [5.41, 5.74) is -0.656. The summed E-state index contributed by atoms with van der Waals surface area (Å²) in [5.74, 6) is 0.746. The molecule has 0 spiro atoms. The molecule has 1 unspecified atom stereocenters. The maximum Gasteiger partial charge on any atom is 0.252 e. The second-order valence-electron chi connectivity index (χ2n) is 5.32. The molecular weight excluding hydrogens is 291 g/mol. The van der Waals surface area contributed by atoms with E-state index in [0.717, 1.165) is 5.75 Å². The molecule has 1 saturated heterocycles. The molecule has 6 heteroatoms. The highest BCUT2D eigenvalue weighted by molar-refractivity contribution is 7.99. The van der Waals surface area contributed by atoms with Crippen LogP contribution in [0.4, 0.5) is 10.1 Å². The van der Waals surface area contributed by atoms with Crippen LogP contribution >= 0.6 is 11.8 Å². The van der Waals surface area contributed by atoms with Gasteiger partial charge in [0.2, 0.25) is 0 Å². The first-order valence-electron chi connectivity index (χ1n) is 7.07. The van der Waals surface area contributed by atoms with Crippen molar-refractivity contribution in [2.45, 2.75) is 18.4 Å². The molecule has 1 atom stereocenters. The van der Waals surface area contributed by atoms with E-state index in [1.807, 2.05) is 11.9 Å². The van der Waals surface area contributed by atoms with Gasteiger partial charge < -0.3 is 15.3 Å². The molecule has 0 bridgehead atoms. The average Bonchev–Trinajstić information content (AvgIpc) is 2.92. The molecule has 1 heterocycles. The smallest absolute Gasteiger partial charge is 0.252 e. The summed E-state index contributed by atoms with van der Waals surface area (Å²) >= 11 is 1.59. The van der Waals surface area contributed by atoms with Gasteiger partial charge in [-0.1, -0.05) is 12.1 Å². The van der Waals surface area contributed by atoms with Gasteiger partial charge in [-0.15, -0.1) is 0 Å². The maximum atomic E-state index is 13.6. The summed E-state index contributed by atoms with van der Waals surface area (Å²) in [7, 11) is 1.82. The van der Waals surface area contributed by atoms with Gasteiger partial charge in [-0.2, -0.15) is 11.8 Å². The number of carbonyl (C=O) groups excluding carboxylic acids is 1. The first kappa shape index (κ1) is 16.1. The van der Waals surface area contributed by atoms with E-state index in [1.165, 1.54) is 6.07 Å². The number of nitrogens with zero attached hydrogens (tertiary/aromatic N) is 1. The second-order valence-corrected chi connectivity index (χ2v) is 6.42. The van der Waals surface area contributed by atoms with E-state index in [4.69, 9.17) is 0 Å². The summed E-state index contributed by atoms with van der Waals surface area (Å²) in [6.45, 7) is 1.11. The molecule has 0 saturated carbocycles. The molecule has 2 rings (SSSR count). The van der Waals surface area contributed by atoms with Crippen LogP contribution in [0.1, 0.15) is 12.8 Å². The fraction of sp³-hybridized carbons (Fsp3) is 0.533. The third kappa shape index (κ3) is 4.11. The van der Waals surface area contributed by atoms with E-state index in [2.05, 4.69) is 5.32 Å². The van der Waals surface area contributed by atoms with Crippen molar-refractivity contribution in [2.24, 2.45) is 0 Å². The first-order chi connectivity index (χ1) is 10.0. The highest BCUT2D eigenvalue weighted by Crippen LogP contribution is 2.27. The number of para-hydroxylation sites is 1. The van der Waals surface area contributed by atoms with Crippen molar-refractivity contribution in [1.82, 2.24) is 5.32 Å². The zero-order valence-corrected chi connectivity index (χ0v) is 13.0. The highest BCUT2D eigenvalue weighted by atomic mass is 32.2. The monoisotopic (exact) mass is 312 g/mol. The van der Waals surface area contributed by atoms with Crippen molar-refractivity contribution in [3.8, 4) is 0 Å². The predicted octanol–water partition coefficient (Wildman–Crippen LogP) is 1.64. The van der Waals surface area contributed by atoms with E-state index in [1.54, 1.807) is 30.0 Å². The number of rotatable bonds is 6. The Morgan fingerprint density at radius 1 is 1.52 bits per heavy atom. The molecule has 1 aromatic carbocycles. The third-order valence-corrected chi connectivity index (χ3v) is 4.82. The van der Waals surface area contributed by atoms with Crippen molar-refractivity contribution in [2.75, 3.05) is 36.5 Å². The number of halogens is 1. The quantitative estimate of drug-likeness (QED) is 0.784. The van der Waals surface area contributed by atoms with E-state index in [-0.39, 0.29) is 11.7 Å². The topological polar surface area (TPSA) is 52.6 Å². The SMILES string of the molecule is CN(CCCNC(=O)C1(O)CCSC1)c1ccccc1F. The summed E-state index contributed by atoms with van der Waals surface area (Å²) in [5, 5.41) is 12.9. The predicted molar refractivity (Wildman–Crippen MR) is 84.2 cm³/mol. The number of anilines is 1. The van der Waals surface area contributed by atoms with E-state index in [0.29, 0.717) is 37.4 Å². The molecule has 21 heavy (non-hydrogen) atoms. The Labute approximate surface area is 128 Å². The van der Waals surface area contributed by atoms with E-state index >= 15 is 0 Å². The van der Waals surface area contributed by atoms with Gasteiger partial charge in [0.1, 0.15) is 5.82 Å². The standard InChI is InChI=1S/C15H21FN2O2S/c1-18(13-6-3-2-5-12(13)16)9-4-8-17-14(19)15(20)7-10-21-11-15/h2-3,5-6,20H,4,7-11H2,1H3,(H,17,19).